The maximum absolute atomic E-state index is 12.4. The molecule has 0 aliphatic carbocycles. The number of aromatic nitrogens is 3. The molecule has 31 heavy (non-hydrogen) atoms. The van der Waals surface area contributed by atoms with Gasteiger partial charge in [-0.3, -0.25) is 4.79 Å². The number of aryl methyl sites for hydroxylation is 3. The van der Waals surface area contributed by atoms with Crippen LogP contribution in [0.4, 0.5) is 0 Å². The Bertz CT molecular complexity index is 1230. The summed E-state index contributed by atoms with van der Waals surface area (Å²) < 4.78 is 1.90. The summed E-state index contributed by atoms with van der Waals surface area (Å²) in [5.74, 6) is 0.0190. The number of hydrogen-bond acceptors (Lipinski definition) is 3. The van der Waals surface area contributed by atoms with Gasteiger partial charge < -0.3 is 5.32 Å². The Morgan fingerprint density at radius 1 is 1.00 bits per heavy atom. The fourth-order valence-electron chi connectivity index (χ4n) is 3.95. The maximum Gasteiger partial charge on any atom is 0.220 e. The van der Waals surface area contributed by atoms with Crippen LogP contribution in [0.25, 0.3) is 16.7 Å². The van der Waals surface area contributed by atoms with Crippen molar-refractivity contribution in [3.05, 3.63) is 87.7 Å². The second-order valence-corrected chi connectivity index (χ2v) is 8.17. The van der Waals surface area contributed by atoms with Crippen LogP contribution in [-0.2, 0) is 17.8 Å². The van der Waals surface area contributed by atoms with Crippen molar-refractivity contribution in [3.63, 3.8) is 0 Å². The third-order valence-corrected chi connectivity index (χ3v) is 5.83. The molecule has 0 unspecified atom stereocenters. The van der Waals surface area contributed by atoms with Gasteiger partial charge in [-0.1, -0.05) is 41.9 Å². The molecule has 158 valence electrons. The van der Waals surface area contributed by atoms with E-state index in [1.54, 1.807) is 0 Å². The second kappa shape index (κ2) is 8.90. The van der Waals surface area contributed by atoms with Crippen LogP contribution < -0.4 is 5.32 Å². The number of pyridine rings is 1. The Balaban J connectivity index is 1.52. The van der Waals surface area contributed by atoms with Gasteiger partial charge in [0.2, 0.25) is 5.91 Å². The summed E-state index contributed by atoms with van der Waals surface area (Å²) in [6.07, 6.45) is 1.05. The first-order chi connectivity index (χ1) is 14.9. The molecule has 4 aromatic rings. The molecule has 2 aromatic carbocycles. The van der Waals surface area contributed by atoms with Crippen molar-refractivity contribution < 1.29 is 4.79 Å². The first-order valence-electron chi connectivity index (χ1n) is 10.4. The fourth-order valence-corrected chi connectivity index (χ4v) is 4.08. The van der Waals surface area contributed by atoms with Gasteiger partial charge >= 0.3 is 0 Å². The minimum atomic E-state index is 0.0190. The maximum atomic E-state index is 12.4. The number of rotatable bonds is 6. The lowest BCUT2D eigenvalue weighted by Crippen LogP contribution is -2.23. The van der Waals surface area contributed by atoms with Crippen LogP contribution in [0.5, 0.6) is 0 Å². The summed E-state index contributed by atoms with van der Waals surface area (Å²) in [6, 6.07) is 17.5. The number of carbonyl (C=O) groups is 1. The summed E-state index contributed by atoms with van der Waals surface area (Å²) in [5.41, 5.74) is 7.01. The third-order valence-electron chi connectivity index (χ3n) is 5.58. The average Bonchev–Trinajstić information content (AvgIpc) is 3.10. The van der Waals surface area contributed by atoms with E-state index in [0.717, 1.165) is 44.8 Å². The van der Waals surface area contributed by atoms with Crippen molar-refractivity contribution in [2.24, 2.45) is 0 Å². The predicted molar refractivity (Wildman–Crippen MR) is 125 cm³/mol. The molecule has 2 aromatic heterocycles. The van der Waals surface area contributed by atoms with Gasteiger partial charge in [-0.05, 0) is 68.1 Å². The number of benzene rings is 2. The van der Waals surface area contributed by atoms with Gasteiger partial charge in [0.05, 0.1) is 11.4 Å². The van der Waals surface area contributed by atoms with E-state index in [0.29, 0.717) is 24.4 Å². The van der Waals surface area contributed by atoms with Gasteiger partial charge in [-0.2, -0.15) is 5.10 Å². The predicted octanol–water partition coefficient (Wildman–Crippen LogP) is 5.25. The highest BCUT2D eigenvalue weighted by Crippen LogP contribution is 2.28. The Morgan fingerprint density at radius 2 is 1.71 bits per heavy atom. The van der Waals surface area contributed by atoms with Gasteiger partial charge in [0.15, 0.2) is 5.65 Å². The van der Waals surface area contributed by atoms with Crippen LogP contribution in [0.15, 0.2) is 54.6 Å². The summed E-state index contributed by atoms with van der Waals surface area (Å²) >= 11 is 5.91. The van der Waals surface area contributed by atoms with Gasteiger partial charge in [0, 0.05) is 29.1 Å². The van der Waals surface area contributed by atoms with E-state index in [-0.39, 0.29) is 5.91 Å². The Morgan fingerprint density at radius 3 is 2.42 bits per heavy atom. The molecule has 0 fully saturated rings. The summed E-state index contributed by atoms with van der Waals surface area (Å²) in [6.45, 7) is 6.61. The number of amides is 1. The zero-order valence-electron chi connectivity index (χ0n) is 17.9. The monoisotopic (exact) mass is 432 g/mol. The van der Waals surface area contributed by atoms with Crippen molar-refractivity contribution in [1.29, 1.82) is 0 Å². The summed E-state index contributed by atoms with van der Waals surface area (Å²) in [5, 5.41) is 9.47. The van der Waals surface area contributed by atoms with Crippen LogP contribution in [0, 0.1) is 20.8 Å². The number of hydrogen-bond donors (Lipinski definition) is 1. The number of fused-ring (bicyclic) bond motifs is 1. The SMILES string of the molecule is Cc1nc2c(c(C)nn2-c2ccccc2)c(C)c1CCC(=O)NCc1ccc(Cl)cc1. The van der Waals surface area contributed by atoms with Crippen molar-refractivity contribution in [2.75, 3.05) is 0 Å². The largest absolute Gasteiger partial charge is 0.352 e. The first-order valence-corrected chi connectivity index (χ1v) is 10.7. The highest BCUT2D eigenvalue weighted by molar-refractivity contribution is 6.30. The topological polar surface area (TPSA) is 59.8 Å². The quantitative estimate of drug-likeness (QED) is 0.452. The third kappa shape index (κ3) is 4.47. The zero-order valence-corrected chi connectivity index (χ0v) is 18.7. The van der Waals surface area contributed by atoms with E-state index in [1.165, 1.54) is 0 Å². The molecule has 0 aliphatic heterocycles. The van der Waals surface area contributed by atoms with Gasteiger partial charge in [0.25, 0.3) is 0 Å². The van der Waals surface area contributed by atoms with Gasteiger partial charge in [0.1, 0.15) is 0 Å². The zero-order chi connectivity index (χ0) is 22.0. The normalized spacial score (nSPS) is 11.1. The van der Waals surface area contributed by atoms with E-state index in [4.69, 9.17) is 21.7 Å². The molecule has 0 bridgehead atoms. The number of carbonyl (C=O) groups excluding carboxylic acids is 1. The van der Waals surface area contributed by atoms with Crippen LogP contribution in [0.1, 0.15) is 34.5 Å². The minimum Gasteiger partial charge on any atom is -0.352 e. The average molecular weight is 433 g/mol. The molecule has 0 radical (unpaired) electrons. The van der Waals surface area contributed by atoms with E-state index >= 15 is 0 Å². The van der Waals surface area contributed by atoms with Crippen LogP contribution >= 0.6 is 11.6 Å². The van der Waals surface area contributed by atoms with Gasteiger partial charge in [-0.25, -0.2) is 9.67 Å². The van der Waals surface area contributed by atoms with E-state index in [1.807, 2.05) is 73.1 Å². The Hall–Kier alpha value is -3.18. The number of nitrogens with one attached hydrogen (secondary N) is 1. The van der Waals surface area contributed by atoms with Gasteiger partial charge in [-0.15, -0.1) is 0 Å². The van der Waals surface area contributed by atoms with Crippen molar-refractivity contribution in [3.8, 4) is 5.69 Å². The number of halogens is 1. The lowest BCUT2D eigenvalue weighted by Gasteiger charge is -2.12. The van der Waals surface area contributed by atoms with Crippen molar-refractivity contribution >= 4 is 28.5 Å². The smallest absolute Gasteiger partial charge is 0.220 e. The lowest BCUT2D eigenvalue weighted by atomic mass is 9.99. The molecule has 0 spiro atoms. The van der Waals surface area contributed by atoms with E-state index < -0.39 is 0 Å². The molecule has 0 saturated heterocycles. The summed E-state index contributed by atoms with van der Waals surface area (Å²) in [7, 11) is 0. The molecule has 0 atom stereocenters. The minimum absolute atomic E-state index is 0.0190. The second-order valence-electron chi connectivity index (χ2n) is 7.74. The van der Waals surface area contributed by atoms with Crippen LogP contribution in [0.2, 0.25) is 5.02 Å². The molecule has 0 aliphatic rings. The number of nitrogens with zero attached hydrogens (tertiary/aromatic N) is 3. The molecule has 1 N–H and O–H groups in total. The van der Waals surface area contributed by atoms with Crippen LogP contribution in [0.3, 0.4) is 0 Å². The molecule has 4 rings (SSSR count). The fraction of sp³-hybridized carbons (Fsp3) is 0.240. The molecule has 1 amide bonds. The molecule has 6 heteroatoms. The molecule has 2 heterocycles. The molecular weight excluding hydrogens is 408 g/mol. The number of para-hydroxylation sites is 1. The Labute approximate surface area is 187 Å². The standard InChI is InChI=1S/C25H25ClN4O/c1-16-22(13-14-23(31)27-15-19-9-11-20(26)12-10-19)17(2)28-25-24(16)18(3)29-30(25)21-7-5-4-6-8-21/h4-12H,13-15H2,1-3H3,(H,27,31). The van der Waals surface area contributed by atoms with Crippen molar-refractivity contribution in [2.45, 2.75) is 40.2 Å². The van der Waals surface area contributed by atoms with Crippen molar-refractivity contribution in [1.82, 2.24) is 20.1 Å². The van der Waals surface area contributed by atoms with Crippen LogP contribution in [-0.4, -0.2) is 20.7 Å². The highest BCUT2D eigenvalue weighted by Gasteiger charge is 2.18. The first kappa shape index (κ1) is 21.1. The highest BCUT2D eigenvalue weighted by atomic mass is 35.5. The molecule has 0 saturated carbocycles. The van der Waals surface area contributed by atoms with E-state index in [9.17, 15) is 4.79 Å². The molecule has 5 nitrogen and oxygen atoms in total. The lowest BCUT2D eigenvalue weighted by molar-refractivity contribution is -0.121. The molecular formula is C25H25ClN4O. The van der Waals surface area contributed by atoms with E-state index in [2.05, 4.69) is 12.2 Å². The summed E-state index contributed by atoms with van der Waals surface area (Å²) in [4.78, 5) is 17.3. The Kier molecular flexibility index (Phi) is 6.05.